The molecule has 22 heavy (non-hydrogen) atoms. The van der Waals surface area contributed by atoms with Gasteiger partial charge >= 0.3 is 5.97 Å². The van der Waals surface area contributed by atoms with Gasteiger partial charge in [-0.15, -0.1) is 0 Å². The number of halogens is 2. The van der Waals surface area contributed by atoms with Crippen molar-refractivity contribution in [2.24, 2.45) is 4.99 Å². The quantitative estimate of drug-likeness (QED) is 0.296. The van der Waals surface area contributed by atoms with Crippen molar-refractivity contribution in [1.82, 2.24) is 0 Å². The van der Waals surface area contributed by atoms with E-state index >= 15 is 0 Å². The summed E-state index contributed by atoms with van der Waals surface area (Å²) in [6.07, 6.45) is 1.97. The SMILES string of the molecule is CCCCCOC(=O)C(C)Oc1cc(N=C=S)c(F)cc1Cl. The monoisotopic (exact) mass is 345 g/mol. The van der Waals surface area contributed by atoms with Gasteiger partial charge in [-0.05, 0) is 31.6 Å². The lowest BCUT2D eigenvalue weighted by Gasteiger charge is -2.15. The average Bonchev–Trinajstić information content (AvgIpc) is 2.48. The number of unbranched alkanes of at least 4 members (excludes halogenated alkanes) is 2. The van der Waals surface area contributed by atoms with Gasteiger partial charge in [0, 0.05) is 6.07 Å². The number of benzene rings is 1. The second-order valence-corrected chi connectivity index (χ2v) is 5.16. The average molecular weight is 346 g/mol. The molecule has 0 amide bonds. The third-order valence-electron chi connectivity index (χ3n) is 2.80. The van der Waals surface area contributed by atoms with Gasteiger partial charge in [-0.25, -0.2) is 9.18 Å². The number of carbonyl (C=O) groups is 1. The van der Waals surface area contributed by atoms with E-state index in [0.29, 0.717) is 6.61 Å². The van der Waals surface area contributed by atoms with Crippen LogP contribution in [0.25, 0.3) is 0 Å². The predicted molar refractivity (Wildman–Crippen MR) is 86.7 cm³/mol. The number of isothiocyanates is 1. The molecule has 0 saturated heterocycles. The maximum absolute atomic E-state index is 13.5. The molecule has 4 nitrogen and oxygen atoms in total. The Labute approximate surface area is 139 Å². The second kappa shape index (κ2) is 9.51. The molecule has 0 aliphatic rings. The highest BCUT2D eigenvalue weighted by molar-refractivity contribution is 7.78. The summed E-state index contributed by atoms with van der Waals surface area (Å²) in [5, 5.41) is 2.10. The molecule has 1 atom stereocenters. The van der Waals surface area contributed by atoms with Crippen LogP contribution in [-0.2, 0) is 9.53 Å². The highest BCUT2D eigenvalue weighted by atomic mass is 35.5. The van der Waals surface area contributed by atoms with E-state index in [2.05, 4.69) is 29.3 Å². The van der Waals surface area contributed by atoms with Gasteiger partial charge in [0.05, 0.1) is 16.8 Å². The Morgan fingerprint density at radius 1 is 1.50 bits per heavy atom. The molecular weight excluding hydrogens is 329 g/mol. The van der Waals surface area contributed by atoms with E-state index in [0.717, 1.165) is 25.3 Å². The van der Waals surface area contributed by atoms with Gasteiger partial charge < -0.3 is 9.47 Å². The van der Waals surface area contributed by atoms with Crippen LogP contribution in [0.1, 0.15) is 33.1 Å². The Morgan fingerprint density at radius 2 is 2.23 bits per heavy atom. The molecule has 0 aliphatic heterocycles. The number of hydrogen-bond acceptors (Lipinski definition) is 5. The van der Waals surface area contributed by atoms with Crippen molar-refractivity contribution in [2.75, 3.05) is 6.61 Å². The van der Waals surface area contributed by atoms with Gasteiger partial charge in [-0.3, -0.25) is 0 Å². The molecule has 1 aromatic rings. The van der Waals surface area contributed by atoms with E-state index in [1.54, 1.807) is 0 Å². The lowest BCUT2D eigenvalue weighted by atomic mass is 10.2. The third kappa shape index (κ3) is 5.72. The Morgan fingerprint density at radius 3 is 2.86 bits per heavy atom. The molecular formula is C15H17ClFNO3S. The molecule has 0 heterocycles. The van der Waals surface area contributed by atoms with Gasteiger partial charge in [0.1, 0.15) is 11.4 Å². The molecule has 0 N–H and O–H groups in total. The van der Waals surface area contributed by atoms with Crippen molar-refractivity contribution in [3.05, 3.63) is 23.0 Å². The van der Waals surface area contributed by atoms with Crippen LogP contribution in [0.15, 0.2) is 17.1 Å². The number of esters is 1. The van der Waals surface area contributed by atoms with Crippen molar-refractivity contribution < 1.29 is 18.7 Å². The highest BCUT2D eigenvalue weighted by Crippen LogP contribution is 2.32. The van der Waals surface area contributed by atoms with Gasteiger partial charge in [0.2, 0.25) is 0 Å². The van der Waals surface area contributed by atoms with Crippen molar-refractivity contribution in [1.29, 1.82) is 0 Å². The van der Waals surface area contributed by atoms with Crippen molar-refractivity contribution >= 4 is 40.6 Å². The maximum atomic E-state index is 13.5. The minimum atomic E-state index is -0.867. The molecule has 120 valence electrons. The van der Waals surface area contributed by atoms with E-state index in [1.807, 2.05) is 0 Å². The second-order valence-electron chi connectivity index (χ2n) is 4.57. The van der Waals surface area contributed by atoms with Gasteiger partial charge in [-0.1, -0.05) is 31.4 Å². The minimum absolute atomic E-state index is 0.0338. The van der Waals surface area contributed by atoms with Crippen LogP contribution in [0.5, 0.6) is 5.75 Å². The summed E-state index contributed by atoms with van der Waals surface area (Å²) in [5.74, 6) is -1.02. The number of carbonyl (C=O) groups excluding carboxylic acids is 1. The molecule has 0 radical (unpaired) electrons. The molecule has 0 aliphatic carbocycles. The van der Waals surface area contributed by atoms with Crippen LogP contribution in [0, 0.1) is 5.82 Å². The summed E-state index contributed by atoms with van der Waals surface area (Å²) in [4.78, 5) is 15.3. The van der Waals surface area contributed by atoms with E-state index in [1.165, 1.54) is 13.0 Å². The number of rotatable bonds is 8. The topological polar surface area (TPSA) is 47.9 Å². The van der Waals surface area contributed by atoms with Crippen LogP contribution < -0.4 is 4.74 Å². The first kappa shape index (κ1) is 18.6. The van der Waals surface area contributed by atoms with Crippen molar-refractivity contribution in [2.45, 2.75) is 39.2 Å². The number of nitrogens with zero attached hydrogens (tertiary/aromatic N) is 1. The third-order valence-corrected chi connectivity index (χ3v) is 3.18. The molecule has 1 aromatic carbocycles. The normalized spacial score (nSPS) is 11.5. The lowest BCUT2D eigenvalue weighted by Crippen LogP contribution is -2.26. The standard InChI is InChI=1S/C15H17ClFNO3S/c1-3-4-5-6-20-15(19)10(2)21-14-8-13(18-9-22)12(17)7-11(14)16/h7-8,10H,3-6H2,1-2H3. The zero-order valence-electron chi connectivity index (χ0n) is 12.4. The van der Waals surface area contributed by atoms with Crippen LogP contribution in [0.2, 0.25) is 5.02 Å². The molecule has 0 spiro atoms. The summed E-state index contributed by atoms with van der Waals surface area (Å²) < 4.78 is 24.0. The summed E-state index contributed by atoms with van der Waals surface area (Å²) >= 11 is 10.3. The first-order valence-corrected chi connectivity index (χ1v) is 7.68. The zero-order valence-corrected chi connectivity index (χ0v) is 14.0. The highest BCUT2D eigenvalue weighted by Gasteiger charge is 2.19. The van der Waals surface area contributed by atoms with Gasteiger partial charge in [0.25, 0.3) is 0 Å². The molecule has 0 fully saturated rings. The van der Waals surface area contributed by atoms with Gasteiger partial charge in [0.15, 0.2) is 11.9 Å². The fraction of sp³-hybridized carbons (Fsp3) is 0.467. The van der Waals surface area contributed by atoms with Crippen LogP contribution in [0.3, 0.4) is 0 Å². The Balaban J connectivity index is 2.70. The summed E-state index contributed by atoms with van der Waals surface area (Å²) in [5.41, 5.74) is -0.0575. The van der Waals surface area contributed by atoms with Crippen molar-refractivity contribution in [3.8, 4) is 5.75 Å². The molecule has 7 heteroatoms. The fourth-order valence-corrected chi connectivity index (χ4v) is 1.92. The molecule has 1 rings (SSSR count). The first-order chi connectivity index (χ1) is 10.5. The summed E-state index contributed by atoms with van der Waals surface area (Å²) in [6, 6.07) is 2.31. The number of aliphatic imine (C=N–C) groups is 1. The molecule has 0 bridgehead atoms. The first-order valence-electron chi connectivity index (χ1n) is 6.89. The number of hydrogen-bond donors (Lipinski definition) is 0. The van der Waals surface area contributed by atoms with Gasteiger partial charge in [-0.2, -0.15) is 4.99 Å². The van der Waals surface area contributed by atoms with E-state index < -0.39 is 17.9 Å². The summed E-state index contributed by atoms with van der Waals surface area (Å²) in [6.45, 7) is 3.94. The minimum Gasteiger partial charge on any atom is -0.477 e. The van der Waals surface area contributed by atoms with Crippen LogP contribution >= 0.6 is 23.8 Å². The lowest BCUT2D eigenvalue weighted by molar-refractivity contribution is -0.151. The smallest absolute Gasteiger partial charge is 0.347 e. The van der Waals surface area contributed by atoms with Crippen LogP contribution in [-0.4, -0.2) is 23.8 Å². The van der Waals surface area contributed by atoms with E-state index in [-0.39, 0.29) is 16.5 Å². The Bertz CT molecular complexity index is 576. The Kier molecular flexibility index (Phi) is 8.02. The fourth-order valence-electron chi connectivity index (χ4n) is 1.62. The maximum Gasteiger partial charge on any atom is 0.347 e. The van der Waals surface area contributed by atoms with Crippen LogP contribution in [0.4, 0.5) is 10.1 Å². The predicted octanol–water partition coefficient (Wildman–Crippen LogP) is 4.71. The molecule has 0 saturated carbocycles. The molecule has 0 aromatic heterocycles. The van der Waals surface area contributed by atoms with Crippen molar-refractivity contribution in [3.63, 3.8) is 0 Å². The molecule has 1 unspecified atom stereocenters. The van der Waals surface area contributed by atoms with E-state index in [4.69, 9.17) is 21.1 Å². The number of ether oxygens (including phenoxy) is 2. The van der Waals surface area contributed by atoms with E-state index in [9.17, 15) is 9.18 Å². The Hall–Kier alpha value is -1.49. The zero-order chi connectivity index (χ0) is 16.5. The number of thiocarbonyl (C=S) groups is 1. The summed E-state index contributed by atoms with van der Waals surface area (Å²) in [7, 11) is 0. The largest absolute Gasteiger partial charge is 0.477 e.